The normalized spacial score (nSPS) is 29.9. The third-order valence-electron chi connectivity index (χ3n) is 4.01. The van der Waals surface area contributed by atoms with E-state index in [1.54, 1.807) is 17.9 Å². The molecule has 3 heterocycles. The molecule has 110 valence electrons. The van der Waals surface area contributed by atoms with Gasteiger partial charge in [0.15, 0.2) is 0 Å². The molecular weight excluding hydrogens is 268 g/mol. The molecule has 2 fully saturated rings. The van der Waals surface area contributed by atoms with E-state index in [-0.39, 0.29) is 25.4 Å². The highest BCUT2D eigenvalue weighted by Gasteiger charge is 2.54. The van der Waals surface area contributed by atoms with Crippen molar-refractivity contribution in [1.29, 1.82) is 0 Å². The molecule has 1 amide bonds. The highest BCUT2D eigenvalue weighted by molar-refractivity contribution is 5.85. The topological polar surface area (TPSA) is 58.4 Å². The Bertz CT molecular complexity index is 531. The van der Waals surface area contributed by atoms with Gasteiger partial charge in [-0.2, -0.15) is 0 Å². The van der Waals surface area contributed by atoms with Crippen LogP contribution in [-0.2, 0) is 11.3 Å². The lowest BCUT2D eigenvalue weighted by atomic mass is 9.77. The largest absolute Gasteiger partial charge is 0.361 e. The van der Waals surface area contributed by atoms with Crippen molar-refractivity contribution < 1.29 is 18.1 Å². The highest BCUT2D eigenvalue weighted by atomic mass is 19.3. The van der Waals surface area contributed by atoms with Crippen molar-refractivity contribution in [3.8, 4) is 0 Å². The van der Waals surface area contributed by atoms with Crippen LogP contribution in [0.5, 0.6) is 0 Å². The molecule has 0 saturated carbocycles. The summed E-state index contributed by atoms with van der Waals surface area (Å²) < 4.78 is 32.9. The van der Waals surface area contributed by atoms with Crippen LogP contribution in [0.1, 0.15) is 24.3 Å². The predicted octanol–water partition coefficient (Wildman–Crippen LogP) is 1.33. The maximum Gasteiger partial charge on any atom is 0.261 e. The summed E-state index contributed by atoms with van der Waals surface area (Å²) in [4.78, 5) is 13.5. The summed E-state index contributed by atoms with van der Waals surface area (Å²) in [5, 5.41) is 6.50. The fraction of sp³-hybridized carbons (Fsp3) is 0.692. The summed E-state index contributed by atoms with van der Waals surface area (Å²) in [5.74, 6) is -2.45. The number of hydrogen-bond acceptors (Lipinski definition) is 4. The van der Waals surface area contributed by atoms with Crippen LogP contribution >= 0.6 is 0 Å². The second-order valence-electron chi connectivity index (χ2n) is 5.89. The van der Waals surface area contributed by atoms with Crippen LogP contribution in [0, 0.1) is 12.3 Å². The average molecular weight is 285 g/mol. The standard InChI is InChI=1S/C13H17F2N3O2/c1-9-4-10(17-20-9)5-18-7-12(2-3-16-11(12)19)6-13(14,15)8-18/h4H,2-3,5-8H2,1H3,(H,16,19)/t12-/m1/s1. The Kier molecular flexibility index (Phi) is 3.04. The number of hydrogen-bond donors (Lipinski definition) is 1. The van der Waals surface area contributed by atoms with Gasteiger partial charge in [-0.1, -0.05) is 5.16 Å². The molecule has 0 radical (unpaired) electrons. The number of carbonyl (C=O) groups excluding carboxylic acids is 1. The number of carbonyl (C=O) groups is 1. The van der Waals surface area contributed by atoms with Gasteiger partial charge in [0.25, 0.3) is 5.92 Å². The van der Waals surface area contributed by atoms with Crippen molar-refractivity contribution in [3.63, 3.8) is 0 Å². The second-order valence-corrected chi connectivity index (χ2v) is 5.89. The van der Waals surface area contributed by atoms with E-state index in [1.807, 2.05) is 0 Å². The van der Waals surface area contributed by atoms with Crippen molar-refractivity contribution >= 4 is 5.91 Å². The minimum absolute atomic E-state index is 0.252. The predicted molar refractivity (Wildman–Crippen MR) is 66.1 cm³/mol. The van der Waals surface area contributed by atoms with Gasteiger partial charge >= 0.3 is 0 Å². The van der Waals surface area contributed by atoms with Crippen molar-refractivity contribution in [2.75, 3.05) is 19.6 Å². The van der Waals surface area contributed by atoms with Crippen molar-refractivity contribution in [2.45, 2.75) is 32.2 Å². The molecule has 1 aromatic heterocycles. The molecule has 5 nitrogen and oxygen atoms in total. The molecular formula is C13H17F2N3O2. The lowest BCUT2D eigenvalue weighted by Gasteiger charge is -2.42. The Morgan fingerprint density at radius 2 is 2.30 bits per heavy atom. The number of amides is 1. The maximum atomic E-state index is 14.0. The Morgan fingerprint density at radius 3 is 2.90 bits per heavy atom. The Labute approximate surface area is 115 Å². The van der Waals surface area contributed by atoms with Gasteiger partial charge in [0, 0.05) is 32.1 Å². The van der Waals surface area contributed by atoms with Crippen LogP contribution in [0.2, 0.25) is 0 Å². The fourth-order valence-electron chi connectivity index (χ4n) is 3.29. The van der Waals surface area contributed by atoms with Crippen LogP contribution in [-0.4, -0.2) is 41.5 Å². The number of nitrogens with one attached hydrogen (secondary N) is 1. The molecule has 2 aliphatic heterocycles. The van der Waals surface area contributed by atoms with Gasteiger partial charge in [-0.05, 0) is 13.3 Å². The third-order valence-corrected chi connectivity index (χ3v) is 4.01. The molecule has 20 heavy (non-hydrogen) atoms. The summed E-state index contributed by atoms with van der Waals surface area (Å²) >= 11 is 0. The summed E-state index contributed by atoms with van der Waals surface area (Å²) in [5.41, 5.74) is -0.339. The van der Waals surface area contributed by atoms with Gasteiger partial charge in [-0.15, -0.1) is 0 Å². The molecule has 2 aliphatic rings. The Balaban J connectivity index is 1.79. The number of rotatable bonds is 2. The zero-order chi connectivity index (χ0) is 14.4. The number of halogens is 2. The van der Waals surface area contributed by atoms with Crippen LogP contribution in [0.25, 0.3) is 0 Å². The van der Waals surface area contributed by atoms with Crippen molar-refractivity contribution in [2.24, 2.45) is 5.41 Å². The monoisotopic (exact) mass is 285 g/mol. The quantitative estimate of drug-likeness (QED) is 0.890. The number of likely N-dealkylation sites (tertiary alicyclic amines) is 1. The summed E-state index contributed by atoms with van der Waals surface area (Å²) in [6.07, 6.45) is 0.107. The number of aryl methyl sites for hydroxylation is 1. The smallest absolute Gasteiger partial charge is 0.261 e. The molecule has 2 saturated heterocycles. The van der Waals surface area contributed by atoms with Gasteiger partial charge in [-0.25, -0.2) is 8.78 Å². The van der Waals surface area contributed by atoms with E-state index in [1.165, 1.54) is 0 Å². The molecule has 0 aliphatic carbocycles. The van der Waals surface area contributed by atoms with E-state index in [9.17, 15) is 13.6 Å². The minimum Gasteiger partial charge on any atom is -0.361 e. The van der Waals surface area contributed by atoms with Crippen LogP contribution in [0.4, 0.5) is 8.78 Å². The third kappa shape index (κ3) is 2.42. The number of piperidine rings is 1. The molecule has 1 N–H and O–H groups in total. The van der Waals surface area contributed by atoms with Gasteiger partial charge in [0.05, 0.1) is 17.7 Å². The Hall–Kier alpha value is -1.50. The summed E-state index contributed by atoms with van der Waals surface area (Å²) in [6.45, 7) is 2.52. The van der Waals surface area contributed by atoms with E-state index in [0.29, 0.717) is 31.0 Å². The van der Waals surface area contributed by atoms with Crippen LogP contribution in [0.3, 0.4) is 0 Å². The molecule has 0 unspecified atom stereocenters. The first-order valence-electron chi connectivity index (χ1n) is 6.69. The van der Waals surface area contributed by atoms with E-state index in [2.05, 4.69) is 10.5 Å². The molecule has 0 bridgehead atoms. The first-order chi connectivity index (χ1) is 9.39. The van der Waals surface area contributed by atoms with E-state index < -0.39 is 11.3 Å². The second kappa shape index (κ2) is 4.51. The van der Waals surface area contributed by atoms with Gasteiger partial charge in [0.2, 0.25) is 5.91 Å². The molecule has 7 heteroatoms. The molecule has 1 aromatic rings. The van der Waals surface area contributed by atoms with E-state index in [0.717, 1.165) is 0 Å². The van der Waals surface area contributed by atoms with E-state index >= 15 is 0 Å². The van der Waals surface area contributed by atoms with Crippen LogP contribution in [0.15, 0.2) is 10.6 Å². The molecule has 1 atom stereocenters. The first-order valence-corrected chi connectivity index (χ1v) is 6.69. The molecule has 3 rings (SSSR count). The first kappa shape index (κ1) is 13.5. The summed E-state index contributed by atoms with van der Waals surface area (Å²) in [6, 6.07) is 1.73. The van der Waals surface area contributed by atoms with Crippen LogP contribution < -0.4 is 5.32 Å². The summed E-state index contributed by atoms with van der Waals surface area (Å²) in [7, 11) is 0. The van der Waals surface area contributed by atoms with Gasteiger partial charge in [0.1, 0.15) is 5.76 Å². The lowest BCUT2D eigenvalue weighted by molar-refractivity contribution is -0.149. The SMILES string of the molecule is Cc1cc(CN2CC(F)(F)C[C@]3(CCNC3=O)C2)no1. The van der Waals surface area contributed by atoms with E-state index in [4.69, 9.17) is 4.52 Å². The zero-order valence-corrected chi connectivity index (χ0v) is 11.3. The van der Waals surface area contributed by atoms with Gasteiger partial charge in [-0.3, -0.25) is 9.69 Å². The number of alkyl halides is 2. The lowest BCUT2D eigenvalue weighted by Crippen LogP contribution is -2.54. The van der Waals surface area contributed by atoms with Crippen molar-refractivity contribution in [3.05, 3.63) is 17.5 Å². The zero-order valence-electron chi connectivity index (χ0n) is 11.3. The van der Waals surface area contributed by atoms with Gasteiger partial charge < -0.3 is 9.84 Å². The maximum absolute atomic E-state index is 14.0. The fourth-order valence-corrected chi connectivity index (χ4v) is 3.29. The minimum atomic E-state index is -2.85. The molecule has 1 spiro atoms. The average Bonchev–Trinajstić information content (AvgIpc) is 2.85. The number of aromatic nitrogens is 1. The highest BCUT2D eigenvalue weighted by Crippen LogP contribution is 2.43. The molecule has 0 aromatic carbocycles. The Morgan fingerprint density at radius 1 is 1.50 bits per heavy atom. The number of nitrogens with zero attached hydrogens (tertiary/aromatic N) is 2. The van der Waals surface area contributed by atoms with Crippen molar-refractivity contribution in [1.82, 2.24) is 15.4 Å².